The van der Waals surface area contributed by atoms with Crippen molar-refractivity contribution in [1.82, 2.24) is 15.1 Å². The highest BCUT2D eigenvalue weighted by molar-refractivity contribution is 6.03. The normalized spacial score (nSPS) is 17.3. The van der Waals surface area contributed by atoms with Crippen LogP contribution in [0.25, 0.3) is 0 Å². The molecule has 1 saturated heterocycles. The molecule has 2 rings (SSSR count). The number of carboxylic acids is 1. The maximum Gasteiger partial charge on any atom is 0.319 e. The van der Waals surface area contributed by atoms with E-state index < -0.39 is 5.97 Å². The summed E-state index contributed by atoms with van der Waals surface area (Å²) in [6, 6.07) is 6.77. The first-order chi connectivity index (χ1) is 13.3. The molecular formula is C20H30N4O4. The molecule has 154 valence electrons. The van der Waals surface area contributed by atoms with Crippen LogP contribution in [0.1, 0.15) is 43.5 Å². The monoisotopic (exact) mass is 390 g/mol. The first kappa shape index (κ1) is 21.7. The number of hydrogen-bond acceptors (Lipinski definition) is 4. The molecule has 1 atom stereocenters. The van der Waals surface area contributed by atoms with Crippen molar-refractivity contribution in [3.63, 3.8) is 0 Å². The number of nitrogens with one attached hydrogen (secondary N) is 2. The standard InChI is InChI=1S/C20H30N4O4/c1-14(2)21-20(28)22-17-9-5-4-8-16(17)19(27)24-11-6-7-15(10-12-24)23(3)13-18(25)26/h4-5,8-9,14-15H,6-7,10-13H2,1-3H3,(H,25,26)(H2,21,22,28). The number of aliphatic carboxylic acids is 1. The first-order valence-corrected chi connectivity index (χ1v) is 9.65. The van der Waals surface area contributed by atoms with Gasteiger partial charge in [-0.1, -0.05) is 12.1 Å². The molecule has 1 aromatic carbocycles. The molecule has 0 saturated carbocycles. The van der Waals surface area contributed by atoms with Gasteiger partial charge in [0, 0.05) is 25.2 Å². The van der Waals surface area contributed by atoms with E-state index in [2.05, 4.69) is 10.6 Å². The van der Waals surface area contributed by atoms with Crippen molar-refractivity contribution in [2.75, 3.05) is 32.0 Å². The minimum absolute atomic E-state index is 0.00364. The van der Waals surface area contributed by atoms with Gasteiger partial charge >= 0.3 is 12.0 Å². The van der Waals surface area contributed by atoms with E-state index in [0.29, 0.717) is 24.3 Å². The number of nitrogens with zero attached hydrogens (tertiary/aromatic N) is 2. The summed E-state index contributed by atoms with van der Waals surface area (Å²) < 4.78 is 0. The van der Waals surface area contributed by atoms with Crippen molar-refractivity contribution >= 4 is 23.6 Å². The van der Waals surface area contributed by atoms with E-state index >= 15 is 0 Å². The van der Waals surface area contributed by atoms with E-state index in [1.54, 1.807) is 29.2 Å². The Morgan fingerprint density at radius 2 is 1.93 bits per heavy atom. The van der Waals surface area contributed by atoms with E-state index in [0.717, 1.165) is 19.3 Å². The van der Waals surface area contributed by atoms with Crippen LogP contribution in [0.15, 0.2) is 24.3 Å². The van der Waals surface area contributed by atoms with Crippen LogP contribution in [-0.2, 0) is 4.79 Å². The van der Waals surface area contributed by atoms with Gasteiger partial charge in [0.05, 0.1) is 17.8 Å². The van der Waals surface area contributed by atoms with Crippen LogP contribution < -0.4 is 10.6 Å². The Labute approximate surface area is 165 Å². The summed E-state index contributed by atoms with van der Waals surface area (Å²) in [5.74, 6) is -0.971. The van der Waals surface area contributed by atoms with Gasteiger partial charge in [-0.2, -0.15) is 0 Å². The van der Waals surface area contributed by atoms with Crippen LogP contribution in [0.5, 0.6) is 0 Å². The van der Waals surface area contributed by atoms with Crippen molar-refractivity contribution in [3.8, 4) is 0 Å². The van der Waals surface area contributed by atoms with Crippen LogP contribution in [-0.4, -0.2) is 71.6 Å². The SMILES string of the molecule is CC(C)NC(=O)Nc1ccccc1C(=O)N1CCCC(N(C)CC(=O)O)CC1. The average molecular weight is 390 g/mol. The van der Waals surface area contributed by atoms with E-state index in [1.807, 2.05) is 25.8 Å². The number of carbonyl (C=O) groups is 3. The Kier molecular flexibility index (Phi) is 7.80. The predicted molar refractivity (Wildman–Crippen MR) is 108 cm³/mol. The summed E-state index contributed by atoms with van der Waals surface area (Å²) in [4.78, 5) is 39.7. The number of urea groups is 1. The average Bonchev–Trinajstić information content (AvgIpc) is 2.86. The van der Waals surface area contributed by atoms with Gasteiger partial charge in [0.25, 0.3) is 5.91 Å². The number of anilines is 1. The number of hydrogen-bond donors (Lipinski definition) is 3. The zero-order chi connectivity index (χ0) is 20.7. The molecule has 0 bridgehead atoms. The Bertz CT molecular complexity index is 707. The Morgan fingerprint density at radius 3 is 2.61 bits per heavy atom. The Morgan fingerprint density at radius 1 is 1.21 bits per heavy atom. The molecule has 1 unspecified atom stereocenters. The van der Waals surface area contributed by atoms with Gasteiger partial charge in [-0.15, -0.1) is 0 Å². The maximum atomic E-state index is 13.1. The van der Waals surface area contributed by atoms with Gasteiger partial charge in [-0.3, -0.25) is 14.5 Å². The maximum absolute atomic E-state index is 13.1. The lowest BCUT2D eigenvalue weighted by Crippen LogP contribution is -2.38. The molecule has 8 nitrogen and oxygen atoms in total. The lowest BCUT2D eigenvalue weighted by atomic mass is 10.1. The van der Waals surface area contributed by atoms with E-state index in [4.69, 9.17) is 5.11 Å². The van der Waals surface area contributed by atoms with Gasteiger partial charge in [0.15, 0.2) is 0 Å². The van der Waals surface area contributed by atoms with Gasteiger partial charge in [0.2, 0.25) is 0 Å². The summed E-state index contributed by atoms with van der Waals surface area (Å²) in [5.41, 5.74) is 0.938. The fourth-order valence-electron chi connectivity index (χ4n) is 3.43. The van der Waals surface area contributed by atoms with Crippen LogP contribution in [0.4, 0.5) is 10.5 Å². The number of amides is 3. The van der Waals surface area contributed by atoms with Crippen LogP contribution in [0.2, 0.25) is 0 Å². The van der Waals surface area contributed by atoms with Crippen molar-refractivity contribution in [2.45, 2.75) is 45.2 Å². The van der Waals surface area contributed by atoms with Crippen molar-refractivity contribution in [1.29, 1.82) is 0 Å². The minimum atomic E-state index is -0.848. The van der Waals surface area contributed by atoms with E-state index in [-0.39, 0.29) is 30.6 Å². The second-order valence-electron chi connectivity index (χ2n) is 7.48. The first-order valence-electron chi connectivity index (χ1n) is 9.65. The summed E-state index contributed by atoms with van der Waals surface area (Å²) in [6.45, 7) is 4.90. The molecule has 0 aromatic heterocycles. The fourth-order valence-corrected chi connectivity index (χ4v) is 3.43. The molecule has 1 fully saturated rings. The number of carbonyl (C=O) groups excluding carboxylic acids is 2. The molecule has 3 amide bonds. The molecule has 1 aliphatic heterocycles. The quantitative estimate of drug-likeness (QED) is 0.691. The third-order valence-corrected chi connectivity index (χ3v) is 4.82. The topological polar surface area (TPSA) is 102 Å². The van der Waals surface area contributed by atoms with Crippen LogP contribution in [0.3, 0.4) is 0 Å². The summed E-state index contributed by atoms with van der Waals surface area (Å²) in [7, 11) is 1.81. The Hall–Kier alpha value is -2.61. The number of para-hydroxylation sites is 1. The molecule has 8 heteroatoms. The van der Waals surface area contributed by atoms with Crippen molar-refractivity contribution in [3.05, 3.63) is 29.8 Å². The van der Waals surface area contributed by atoms with Gasteiger partial charge in [0.1, 0.15) is 0 Å². The third kappa shape index (κ3) is 6.23. The lowest BCUT2D eigenvalue weighted by molar-refractivity contribution is -0.138. The number of likely N-dealkylation sites (tertiary alicyclic amines) is 1. The van der Waals surface area contributed by atoms with Gasteiger partial charge < -0.3 is 20.6 Å². The highest BCUT2D eigenvalue weighted by Crippen LogP contribution is 2.21. The number of benzene rings is 1. The molecule has 0 spiro atoms. The van der Waals surface area contributed by atoms with Crippen molar-refractivity contribution < 1.29 is 19.5 Å². The van der Waals surface area contributed by atoms with E-state index in [9.17, 15) is 14.4 Å². The van der Waals surface area contributed by atoms with Gasteiger partial charge in [-0.05, 0) is 52.3 Å². The molecule has 3 N–H and O–H groups in total. The molecule has 0 aliphatic carbocycles. The molecule has 1 aliphatic rings. The molecule has 28 heavy (non-hydrogen) atoms. The van der Waals surface area contributed by atoms with Crippen LogP contribution >= 0.6 is 0 Å². The third-order valence-electron chi connectivity index (χ3n) is 4.82. The minimum Gasteiger partial charge on any atom is -0.480 e. The number of rotatable bonds is 6. The molecule has 1 heterocycles. The summed E-state index contributed by atoms with van der Waals surface area (Å²) in [6.07, 6.45) is 2.38. The number of carboxylic acid groups (broad SMARTS) is 1. The summed E-state index contributed by atoms with van der Waals surface area (Å²) in [5, 5.41) is 14.5. The fraction of sp³-hybridized carbons (Fsp3) is 0.550. The highest BCUT2D eigenvalue weighted by Gasteiger charge is 2.26. The molecular weight excluding hydrogens is 360 g/mol. The summed E-state index contributed by atoms with van der Waals surface area (Å²) >= 11 is 0. The second kappa shape index (κ2) is 10.1. The zero-order valence-corrected chi connectivity index (χ0v) is 16.8. The van der Waals surface area contributed by atoms with Gasteiger partial charge in [-0.25, -0.2) is 4.79 Å². The largest absolute Gasteiger partial charge is 0.480 e. The second-order valence-corrected chi connectivity index (χ2v) is 7.48. The zero-order valence-electron chi connectivity index (χ0n) is 16.8. The van der Waals surface area contributed by atoms with Crippen molar-refractivity contribution in [2.24, 2.45) is 0 Å². The van der Waals surface area contributed by atoms with E-state index in [1.165, 1.54) is 0 Å². The predicted octanol–water partition coefficient (Wildman–Crippen LogP) is 2.23. The Balaban J connectivity index is 2.06. The smallest absolute Gasteiger partial charge is 0.319 e. The molecule has 0 radical (unpaired) electrons. The number of likely N-dealkylation sites (N-methyl/N-ethyl adjacent to an activating group) is 1. The highest BCUT2D eigenvalue weighted by atomic mass is 16.4. The molecule has 1 aromatic rings. The lowest BCUT2D eigenvalue weighted by Gasteiger charge is -2.26. The van der Waals surface area contributed by atoms with Crippen LogP contribution in [0, 0.1) is 0 Å².